The van der Waals surface area contributed by atoms with Crippen LogP contribution >= 0.6 is 12.4 Å². The van der Waals surface area contributed by atoms with Crippen molar-refractivity contribution >= 4 is 29.3 Å². The number of hydrogen-bond donors (Lipinski definition) is 1. The fraction of sp³-hybridized carbons (Fsp3) is 0.421. The summed E-state index contributed by atoms with van der Waals surface area (Å²) in [6.07, 6.45) is 1.89. The van der Waals surface area contributed by atoms with Crippen LogP contribution in [0.5, 0.6) is 5.75 Å². The van der Waals surface area contributed by atoms with E-state index in [9.17, 15) is 0 Å². The molecule has 1 aliphatic rings. The topological polar surface area (TPSA) is 68.1 Å². The fourth-order valence-corrected chi connectivity index (χ4v) is 3.35. The molecule has 3 aromatic rings. The zero-order valence-corrected chi connectivity index (χ0v) is 16.5. The Kier molecular flexibility index (Phi) is 6.13. The van der Waals surface area contributed by atoms with Crippen LogP contribution in [-0.4, -0.2) is 52.5 Å². The van der Waals surface area contributed by atoms with E-state index in [1.54, 1.807) is 0 Å². The van der Waals surface area contributed by atoms with E-state index in [1.165, 1.54) is 0 Å². The molecular weight excluding hydrogens is 364 g/mol. The molecule has 1 saturated heterocycles. The third-order valence-electron chi connectivity index (χ3n) is 4.55. The van der Waals surface area contributed by atoms with Crippen molar-refractivity contribution in [2.24, 2.45) is 0 Å². The third-order valence-corrected chi connectivity index (χ3v) is 4.55. The van der Waals surface area contributed by atoms with E-state index in [0.717, 1.165) is 60.2 Å². The molecule has 0 saturated carbocycles. The Morgan fingerprint density at radius 2 is 2.00 bits per heavy atom. The molecule has 3 heterocycles. The van der Waals surface area contributed by atoms with Gasteiger partial charge in [0.05, 0.1) is 24.7 Å². The Balaban J connectivity index is 0.00000210. The van der Waals surface area contributed by atoms with E-state index >= 15 is 0 Å². The standard InChI is InChI=1S/C19H24N6O.ClH/c1-3-26-16-6-4-5-15(11-16)13-25-19-17(12-21-25)18(22-14(2)23-19)24-9-7-20-8-10-24;/h4-6,11-12,20H,3,7-10,13H2,1-2H3;1H. The Hall–Kier alpha value is -2.38. The number of benzene rings is 1. The Morgan fingerprint density at radius 1 is 1.19 bits per heavy atom. The fourth-order valence-electron chi connectivity index (χ4n) is 3.35. The van der Waals surface area contributed by atoms with Gasteiger partial charge in [-0.2, -0.15) is 5.10 Å². The summed E-state index contributed by atoms with van der Waals surface area (Å²) in [5.41, 5.74) is 2.02. The molecule has 7 nitrogen and oxygen atoms in total. The largest absolute Gasteiger partial charge is 0.494 e. The van der Waals surface area contributed by atoms with Crippen molar-refractivity contribution in [2.75, 3.05) is 37.7 Å². The number of rotatable bonds is 5. The molecule has 1 aliphatic heterocycles. The molecule has 144 valence electrons. The summed E-state index contributed by atoms with van der Waals surface area (Å²) in [7, 11) is 0. The minimum atomic E-state index is 0. The predicted octanol–water partition coefficient (Wildman–Crippen LogP) is 2.41. The number of anilines is 1. The molecular formula is C19H25ClN6O. The Labute approximate surface area is 165 Å². The van der Waals surface area contributed by atoms with Gasteiger partial charge in [0.1, 0.15) is 17.4 Å². The zero-order valence-electron chi connectivity index (χ0n) is 15.7. The van der Waals surface area contributed by atoms with E-state index in [2.05, 4.69) is 32.4 Å². The summed E-state index contributed by atoms with van der Waals surface area (Å²) >= 11 is 0. The first-order chi connectivity index (χ1) is 12.7. The smallest absolute Gasteiger partial charge is 0.163 e. The van der Waals surface area contributed by atoms with Gasteiger partial charge in [0, 0.05) is 26.2 Å². The Bertz CT molecular complexity index is 906. The van der Waals surface area contributed by atoms with Gasteiger partial charge in [0.15, 0.2) is 5.65 Å². The summed E-state index contributed by atoms with van der Waals surface area (Å²) < 4.78 is 7.55. The van der Waals surface area contributed by atoms with Crippen LogP contribution in [-0.2, 0) is 6.54 Å². The highest BCUT2D eigenvalue weighted by atomic mass is 35.5. The second kappa shape index (κ2) is 8.54. The summed E-state index contributed by atoms with van der Waals surface area (Å²) in [5.74, 6) is 2.65. The molecule has 27 heavy (non-hydrogen) atoms. The van der Waals surface area contributed by atoms with E-state index < -0.39 is 0 Å². The van der Waals surface area contributed by atoms with E-state index in [4.69, 9.17) is 9.72 Å². The number of ether oxygens (including phenoxy) is 1. The molecule has 0 bridgehead atoms. The maximum atomic E-state index is 5.60. The number of hydrogen-bond acceptors (Lipinski definition) is 6. The molecule has 8 heteroatoms. The lowest BCUT2D eigenvalue weighted by Gasteiger charge is -2.28. The number of piperazine rings is 1. The number of fused-ring (bicyclic) bond motifs is 1. The highest BCUT2D eigenvalue weighted by Gasteiger charge is 2.18. The molecule has 0 atom stereocenters. The number of aromatic nitrogens is 4. The highest BCUT2D eigenvalue weighted by molar-refractivity contribution is 5.87. The summed E-state index contributed by atoms with van der Waals surface area (Å²) in [6.45, 7) is 9.10. The van der Waals surface area contributed by atoms with E-state index in [-0.39, 0.29) is 12.4 Å². The lowest BCUT2D eigenvalue weighted by molar-refractivity contribution is 0.340. The van der Waals surface area contributed by atoms with Crippen molar-refractivity contribution in [3.8, 4) is 5.75 Å². The van der Waals surface area contributed by atoms with Crippen molar-refractivity contribution in [3.05, 3.63) is 41.9 Å². The second-order valence-corrected chi connectivity index (χ2v) is 6.45. The van der Waals surface area contributed by atoms with Crippen molar-refractivity contribution in [1.82, 2.24) is 25.1 Å². The summed E-state index contributed by atoms with van der Waals surface area (Å²) in [6, 6.07) is 8.13. The molecule has 4 rings (SSSR count). The molecule has 0 aliphatic carbocycles. The van der Waals surface area contributed by atoms with Crippen molar-refractivity contribution in [1.29, 1.82) is 0 Å². The van der Waals surface area contributed by atoms with Crippen molar-refractivity contribution in [3.63, 3.8) is 0 Å². The zero-order chi connectivity index (χ0) is 17.9. The van der Waals surface area contributed by atoms with Gasteiger partial charge in [0.25, 0.3) is 0 Å². The maximum Gasteiger partial charge on any atom is 0.163 e. The molecule has 0 spiro atoms. The summed E-state index contributed by atoms with van der Waals surface area (Å²) in [5, 5.41) is 8.99. The molecule has 0 amide bonds. The van der Waals surface area contributed by atoms with Crippen LogP contribution in [0, 0.1) is 6.92 Å². The first kappa shape index (κ1) is 19.4. The van der Waals surface area contributed by atoms with Crippen LogP contribution in [0.2, 0.25) is 0 Å². The molecule has 2 aromatic heterocycles. The molecule has 1 aromatic carbocycles. The first-order valence-electron chi connectivity index (χ1n) is 9.12. The van der Waals surface area contributed by atoms with Crippen LogP contribution in [0.25, 0.3) is 11.0 Å². The molecule has 0 unspecified atom stereocenters. The first-order valence-corrected chi connectivity index (χ1v) is 9.12. The number of halogens is 1. The molecule has 1 N–H and O–H groups in total. The quantitative estimate of drug-likeness (QED) is 0.724. The second-order valence-electron chi connectivity index (χ2n) is 6.45. The summed E-state index contributed by atoms with van der Waals surface area (Å²) in [4.78, 5) is 11.7. The van der Waals surface area contributed by atoms with Gasteiger partial charge in [0.2, 0.25) is 0 Å². The normalized spacial score (nSPS) is 14.2. The lowest BCUT2D eigenvalue weighted by Crippen LogP contribution is -2.44. The maximum absolute atomic E-state index is 5.60. The van der Waals surface area contributed by atoms with Crippen LogP contribution < -0.4 is 15.0 Å². The van der Waals surface area contributed by atoms with Gasteiger partial charge in [-0.3, -0.25) is 0 Å². The molecule has 0 radical (unpaired) electrons. The van der Waals surface area contributed by atoms with E-state index in [0.29, 0.717) is 13.2 Å². The van der Waals surface area contributed by atoms with Crippen molar-refractivity contribution in [2.45, 2.75) is 20.4 Å². The van der Waals surface area contributed by atoms with Crippen LogP contribution in [0.3, 0.4) is 0 Å². The van der Waals surface area contributed by atoms with Crippen LogP contribution in [0.15, 0.2) is 30.5 Å². The predicted molar refractivity (Wildman–Crippen MR) is 109 cm³/mol. The minimum Gasteiger partial charge on any atom is -0.494 e. The van der Waals surface area contributed by atoms with Crippen molar-refractivity contribution < 1.29 is 4.74 Å². The van der Waals surface area contributed by atoms with Crippen LogP contribution in [0.1, 0.15) is 18.3 Å². The highest BCUT2D eigenvalue weighted by Crippen LogP contribution is 2.25. The number of nitrogens with one attached hydrogen (secondary N) is 1. The Morgan fingerprint density at radius 3 is 2.78 bits per heavy atom. The monoisotopic (exact) mass is 388 g/mol. The van der Waals surface area contributed by atoms with E-state index in [1.807, 2.05) is 36.9 Å². The average molecular weight is 389 g/mol. The van der Waals surface area contributed by atoms with Gasteiger partial charge in [-0.25, -0.2) is 14.6 Å². The lowest BCUT2D eigenvalue weighted by atomic mass is 10.2. The van der Waals surface area contributed by atoms with Gasteiger partial charge in [-0.1, -0.05) is 12.1 Å². The van der Waals surface area contributed by atoms with Crippen LogP contribution in [0.4, 0.5) is 5.82 Å². The minimum absolute atomic E-state index is 0. The number of aryl methyl sites for hydroxylation is 1. The third kappa shape index (κ3) is 4.14. The van der Waals surface area contributed by atoms with Gasteiger partial charge in [-0.15, -0.1) is 12.4 Å². The molecule has 1 fully saturated rings. The SMILES string of the molecule is CCOc1cccc(Cn2ncc3c(N4CCNCC4)nc(C)nc32)c1.Cl. The van der Waals surface area contributed by atoms with Gasteiger partial charge >= 0.3 is 0 Å². The van der Waals surface area contributed by atoms with Gasteiger partial charge in [-0.05, 0) is 31.5 Å². The van der Waals surface area contributed by atoms with Gasteiger partial charge < -0.3 is 15.0 Å². The average Bonchev–Trinajstić information content (AvgIpc) is 3.05. The number of nitrogens with zero attached hydrogens (tertiary/aromatic N) is 5.